The van der Waals surface area contributed by atoms with E-state index in [2.05, 4.69) is 23.7 Å². The number of rotatable bonds is 3. The second-order valence-corrected chi connectivity index (χ2v) is 6.54. The second-order valence-electron chi connectivity index (χ2n) is 6.54. The van der Waals surface area contributed by atoms with E-state index in [4.69, 9.17) is 4.74 Å². The zero-order valence-electron chi connectivity index (χ0n) is 14.2. The largest absolute Gasteiger partial charge is 0.377 e. The first-order valence-electron chi connectivity index (χ1n) is 8.76. The van der Waals surface area contributed by atoms with Crippen molar-refractivity contribution in [3.05, 3.63) is 24.0 Å². The summed E-state index contributed by atoms with van der Waals surface area (Å²) in [5, 5.41) is 0. The molecular formula is C18H27N3O2. The summed E-state index contributed by atoms with van der Waals surface area (Å²) in [7, 11) is 0. The fourth-order valence-corrected chi connectivity index (χ4v) is 3.71. The second kappa shape index (κ2) is 7.30. The average Bonchev–Trinajstić information content (AvgIpc) is 2.61. The molecule has 5 heteroatoms. The third-order valence-electron chi connectivity index (χ3n) is 5.10. The smallest absolute Gasteiger partial charge is 0.228 e. The first kappa shape index (κ1) is 16.2. The van der Waals surface area contributed by atoms with Crippen LogP contribution in [0.5, 0.6) is 0 Å². The molecule has 0 saturated carbocycles. The molecule has 0 radical (unpaired) electrons. The number of aromatic nitrogens is 1. The molecule has 0 unspecified atom stereocenters. The zero-order valence-corrected chi connectivity index (χ0v) is 14.2. The Morgan fingerprint density at radius 3 is 2.83 bits per heavy atom. The highest BCUT2D eigenvalue weighted by molar-refractivity contribution is 5.80. The summed E-state index contributed by atoms with van der Waals surface area (Å²) in [6.45, 7) is 8.36. The van der Waals surface area contributed by atoms with Gasteiger partial charge >= 0.3 is 0 Å². The van der Waals surface area contributed by atoms with Crippen molar-refractivity contribution in [3.63, 3.8) is 0 Å². The summed E-state index contributed by atoms with van der Waals surface area (Å²) in [4.78, 5) is 21.4. The van der Waals surface area contributed by atoms with Crippen molar-refractivity contribution in [2.24, 2.45) is 5.92 Å². The number of aryl methyl sites for hydroxylation is 1. The Morgan fingerprint density at radius 2 is 2.13 bits per heavy atom. The number of nitrogens with zero attached hydrogens (tertiary/aromatic N) is 3. The molecule has 1 aromatic rings. The van der Waals surface area contributed by atoms with Gasteiger partial charge in [0.1, 0.15) is 0 Å². The van der Waals surface area contributed by atoms with Crippen LogP contribution in [0.2, 0.25) is 0 Å². The van der Waals surface area contributed by atoms with Gasteiger partial charge in [0.2, 0.25) is 5.91 Å². The van der Waals surface area contributed by atoms with Crippen molar-refractivity contribution in [1.82, 2.24) is 9.88 Å². The molecule has 3 rings (SSSR count). The van der Waals surface area contributed by atoms with E-state index in [1.807, 2.05) is 23.4 Å². The van der Waals surface area contributed by atoms with Gasteiger partial charge in [-0.05, 0) is 37.8 Å². The lowest BCUT2D eigenvalue weighted by Crippen LogP contribution is -2.52. The maximum atomic E-state index is 12.8. The topological polar surface area (TPSA) is 45.7 Å². The third-order valence-corrected chi connectivity index (χ3v) is 5.10. The van der Waals surface area contributed by atoms with Gasteiger partial charge in [-0.1, -0.05) is 6.92 Å². The minimum atomic E-state index is 0.0560. The molecule has 0 aliphatic carbocycles. The summed E-state index contributed by atoms with van der Waals surface area (Å²) < 4.78 is 5.79. The van der Waals surface area contributed by atoms with E-state index in [-0.39, 0.29) is 12.0 Å². The standard InChI is InChI=1S/C18H27N3O2/c1-3-17-15(5-4-12-23-17)18(22)21-10-8-20(9-11-21)16-13-19-7-6-14(16)2/h6-7,13,15,17H,3-5,8-12H2,1-2H3/t15-,17-/m0/s1. The number of pyridine rings is 1. The number of hydrogen-bond donors (Lipinski definition) is 0. The molecule has 0 N–H and O–H groups in total. The lowest BCUT2D eigenvalue weighted by molar-refractivity contribution is -0.145. The van der Waals surface area contributed by atoms with Gasteiger partial charge in [-0.15, -0.1) is 0 Å². The van der Waals surface area contributed by atoms with Crippen LogP contribution in [-0.2, 0) is 9.53 Å². The van der Waals surface area contributed by atoms with E-state index in [1.54, 1.807) is 0 Å². The number of anilines is 1. The van der Waals surface area contributed by atoms with Gasteiger partial charge in [0.05, 0.1) is 23.9 Å². The van der Waals surface area contributed by atoms with E-state index >= 15 is 0 Å². The van der Waals surface area contributed by atoms with Crippen LogP contribution in [0.3, 0.4) is 0 Å². The maximum Gasteiger partial charge on any atom is 0.228 e. The maximum absolute atomic E-state index is 12.8. The van der Waals surface area contributed by atoms with Crippen LogP contribution in [0, 0.1) is 12.8 Å². The molecule has 2 saturated heterocycles. The summed E-state index contributed by atoms with van der Waals surface area (Å²) in [6, 6.07) is 2.04. The molecule has 3 heterocycles. The Balaban J connectivity index is 1.60. The molecule has 0 aromatic carbocycles. The minimum absolute atomic E-state index is 0.0560. The van der Waals surface area contributed by atoms with Gasteiger partial charge < -0.3 is 14.5 Å². The van der Waals surface area contributed by atoms with Crippen LogP contribution in [0.4, 0.5) is 5.69 Å². The van der Waals surface area contributed by atoms with Crippen molar-refractivity contribution in [2.75, 3.05) is 37.7 Å². The summed E-state index contributed by atoms with van der Waals surface area (Å²) in [5.74, 6) is 0.347. The Labute approximate surface area is 138 Å². The van der Waals surface area contributed by atoms with E-state index in [1.165, 1.54) is 11.3 Å². The number of amides is 1. The zero-order chi connectivity index (χ0) is 16.2. The molecule has 0 bridgehead atoms. The third kappa shape index (κ3) is 3.50. The van der Waals surface area contributed by atoms with Crippen LogP contribution in [-0.4, -0.2) is 54.7 Å². The highest BCUT2D eigenvalue weighted by Crippen LogP contribution is 2.26. The van der Waals surface area contributed by atoms with Crippen LogP contribution in [0.1, 0.15) is 31.7 Å². The molecule has 0 spiro atoms. The van der Waals surface area contributed by atoms with Gasteiger partial charge in [-0.2, -0.15) is 0 Å². The molecule has 5 nitrogen and oxygen atoms in total. The van der Waals surface area contributed by atoms with E-state index in [0.29, 0.717) is 5.91 Å². The monoisotopic (exact) mass is 317 g/mol. The molecule has 1 aromatic heterocycles. The van der Waals surface area contributed by atoms with Gasteiger partial charge in [0, 0.05) is 39.0 Å². The molecule has 2 atom stereocenters. The molecule has 1 amide bonds. The Bertz CT molecular complexity index is 541. The molecule has 23 heavy (non-hydrogen) atoms. The number of piperazine rings is 1. The molecule has 2 aliphatic rings. The Morgan fingerprint density at radius 1 is 1.35 bits per heavy atom. The van der Waals surface area contributed by atoms with Crippen LogP contribution < -0.4 is 4.90 Å². The van der Waals surface area contributed by atoms with Crippen LogP contribution >= 0.6 is 0 Å². The van der Waals surface area contributed by atoms with Crippen molar-refractivity contribution in [3.8, 4) is 0 Å². The van der Waals surface area contributed by atoms with Crippen molar-refractivity contribution in [2.45, 2.75) is 39.2 Å². The van der Waals surface area contributed by atoms with E-state index < -0.39 is 0 Å². The van der Waals surface area contributed by atoms with Gasteiger partial charge in [0.15, 0.2) is 0 Å². The average molecular weight is 317 g/mol. The fourth-order valence-electron chi connectivity index (χ4n) is 3.71. The molecule has 2 fully saturated rings. The summed E-state index contributed by atoms with van der Waals surface area (Å²) in [5.41, 5.74) is 2.43. The first-order valence-corrected chi connectivity index (χ1v) is 8.76. The molecular weight excluding hydrogens is 290 g/mol. The predicted octanol–water partition coefficient (Wildman–Crippen LogP) is 2.24. The number of hydrogen-bond acceptors (Lipinski definition) is 4. The number of carbonyl (C=O) groups excluding carboxylic acids is 1. The number of ether oxygens (including phenoxy) is 1. The summed E-state index contributed by atoms with van der Waals surface area (Å²) in [6.07, 6.45) is 6.75. The Hall–Kier alpha value is -1.62. The van der Waals surface area contributed by atoms with Gasteiger partial charge in [0.25, 0.3) is 0 Å². The van der Waals surface area contributed by atoms with Crippen molar-refractivity contribution < 1.29 is 9.53 Å². The normalized spacial score (nSPS) is 25.5. The van der Waals surface area contributed by atoms with E-state index in [9.17, 15) is 4.79 Å². The SMILES string of the molecule is CC[C@@H]1OCCC[C@@H]1C(=O)N1CCN(c2cnccc2C)CC1. The highest BCUT2D eigenvalue weighted by Gasteiger charge is 2.34. The Kier molecular flexibility index (Phi) is 5.16. The first-order chi connectivity index (χ1) is 11.2. The fraction of sp³-hybridized carbons (Fsp3) is 0.667. The van der Waals surface area contributed by atoms with Gasteiger partial charge in [-0.25, -0.2) is 0 Å². The quantitative estimate of drug-likeness (QED) is 0.858. The van der Waals surface area contributed by atoms with E-state index in [0.717, 1.165) is 52.0 Å². The molecule has 126 valence electrons. The predicted molar refractivity (Wildman–Crippen MR) is 90.5 cm³/mol. The lowest BCUT2D eigenvalue weighted by Gasteiger charge is -2.40. The highest BCUT2D eigenvalue weighted by atomic mass is 16.5. The summed E-state index contributed by atoms with van der Waals surface area (Å²) >= 11 is 0. The minimum Gasteiger partial charge on any atom is -0.377 e. The van der Waals surface area contributed by atoms with Crippen LogP contribution in [0.25, 0.3) is 0 Å². The van der Waals surface area contributed by atoms with Crippen molar-refractivity contribution in [1.29, 1.82) is 0 Å². The molecule has 2 aliphatic heterocycles. The van der Waals surface area contributed by atoms with Crippen LogP contribution in [0.15, 0.2) is 18.5 Å². The number of carbonyl (C=O) groups is 1. The lowest BCUT2D eigenvalue weighted by atomic mass is 9.91. The van der Waals surface area contributed by atoms with Crippen molar-refractivity contribution >= 4 is 11.6 Å². The van der Waals surface area contributed by atoms with Gasteiger partial charge in [-0.3, -0.25) is 9.78 Å².